The highest BCUT2D eigenvalue weighted by Crippen LogP contribution is 2.06. The van der Waals surface area contributed by atoms with Crippen molar-refractivity contribution >= 4 is 0 Å². The van der Waals surface area contributed by atoms with Crippen LogP contribution in [0.15, 0.2) is 18.2 Å². The molecule has 0 saturated carbocycles. The molecular weight excluding hydrogens is 152 g/mol. The van der Waals surface area contributed by atoms with Gasteiger partial charge in [0, 0.05) is 12.6 Å². The summed E-state index contributed by atoms with van der Waals surface area (Å²) in [6.07, 6.45) is 0. The number of rotatable bonds is 2. The van der Waals surface area contributed by atoms with E-state index in [1.807, 2.05) is 0 Å². The molecule has 0 aromatic heterocycles. The van der Waals surface area contributed by atoms with Crippen LogP contribution in [0.4, 0.5) is 8.78 Å². The molecule has 0 heterocycles. The molecule has 0 saturated heterocycles. The first-order valence-corrected chi connectivity index (χ1v) is 3.04. The van der Waals surface area contributed by atoms with Crippen LogP contribution in [0.5, 0.6) is 0 Å². The fourth-order valence-electron chi connectivity index (χ4n) is 0.804. The topological polar surface area (TPSA) is 32.3 Å². The Kier molecular flexibility index (Phi) is 2.51. The number of hydroxylamine groups is 1. The van der Waals surface area contributed by atoms with Crippen LogP contribution in [0.25, 0.3) is 0 Å². The molecule has 2 nitrogen and oxygen atoms in total. The van der Waals surface area contributed by atoms with E-state index in [0.29, 0.717) is 5.56 Å². The van der Waals surface area contributed by atoms with Gasteiger partial charge in [-0.2, -0.15) is 0 Å². The van der Waals surface area contributed by atoms with E-state index in [4.69, 9.17) is 5.21 Å². The summed E-state index contributed by atoms with van der Waals surface area (Å²) in [5, 5.41) is 8.21. The molecule has 2 N–H and O–H groups in total. The number of benzene rings is 1. The van der Waals surface area contributed by atoms with E-state index in [1.54, 1.807) is 5.48 Å². The average molecular weight is 159 g/mol. The lowest BCUT2D eigenvalue weighted by Gasteiger charge is -1.98. The third kappa shape index (κ3) is 2.25. The minimum Gasteiger partial charge on any atom is -0.316 e. The summed E-state index contributed by atoms with van der Waals surface area (Å²) in [7, 11) is 0. The number of hydrogen-bond acceptors (Lipinski definition) is 2. The van der Waals surface area contributed by atoms with Crippen molar-refractivity contribution in [2.45, 2.75) is 6.54 Å². The van der Waals surface area contributed by atoms with Crippen LogP contribution in [0.2, 0.25) is 0 Å². The average Bonchev–Trinajstić information content (AvgIpc) is 1.85. The lowest BCUT2D eigenvalue weighted by molar-refractivity contribution is 0.161. The van der Waals surface area contributed by atoms with Crippen molar-refractivity contribution in [3.63, 3.8) is 0 Å². The zero-order chi connectivity index (χ0) is 8.27. The van der Waals surface area contributed by atoms with E-state index in [2.05, 4.69) is 0 Å². The Morgan fingerprint density at radius 2 is 1.73 bits per heavy atom. The monoisotopic (exact) mass is 159 g/mol. The van der Waals surface area contributed by atoms with Gasteiger partial charge in [0.25, 0.3) is 0 Å². The highest BCUT2D eigenvalue weighted by molar-refractivity contribution is 5.17. The molecule has 0 fully saturated rings. The van der Waals surface area contributed by atoms with Crippen molar-refractivity contribution in [3.8, 4) is 0 Å². The molecule has 11 heavy (non-hydrogen) atoms. The molecule has 0 bridgehead atoms. The molecule has 1 rings (SSSR count). The van der Waals surface area contributed by atoms with E-state index in [1.165, 1.54) is 0 Å². The molecule has 0 unspecified atom stereocenters. The van der Waals surface area contributed by atoms with Crippen LogP contribution in [-0.2, 0) is 6.54 Å². The van der Waals surface area contributed by atoms with Crippen LogP contribution in [0.1, 0.15) is 5.56 Å². The summed E-state index contributed by atoms with van der Waals surface area (Å²) in [6, 6.07) is 3.07. The van der Waals surface area contributed by atoms with Gasteiger partial charge in [0.05, 0.1) is 0 Å². The zero-order valence-electron chi connectivity index (χ0n) is 5.64. The van der Waals surface area contributed by atoms with Gasteiger partial charge in [-0.15, -0.1) is 0 Å². The van der Waals surface area contributed by atoms with Gasteiger partial charge in [0.2, 0.25) is 0 Å². The van der Waals surface area contributed by atoms with Crippen LogP contribution in [-0.4, -0.2) is 5.21 Å². The molecule has 0 radical (unpaired) electrons. The van der Waals surface area contributed by atoms with Gasteiger partial charge in [-0.3, -0.25) is 0 Å². The summed E-state index contributed by atoms with van der Waals surface area (Å²) >= 11 is 0. The van der Waals surface area contributed by atoms with Crippen molar-refractivity contribution < 1.29 is 14.0 Å². The van der Waals surface area contributed by atoms with Gasteiger partial charge in [-0.1, -0.05) is 0 Å². The van der Waals surface area contributed by atoms with E-state index in [0.717, 1.165) is 18.2 Å². The van der Waals surface area contributed by atoms with Gasteiger partial charge in [0.1, 0.15) is 11.6 Å². The van der Waals surface area contributed by atoms with Crippen LogP contribution < -0.4 is 5.48 Å². The van der Waals surface area contributed by atoms with Crippen molar-refractivity contribution in [3.05, 3.63) is 35.4 Å². The van der Waals surface area contributed by atoms with E-state index >= 15 is 0 Å². The number of halogens is 2. The zero-order valence-corrected chi connectivity index (χ0v) is 5.64. The second-order valence-electron chi connectivity index (χ2n) is 2.11. The predicted octanol–water partition coefficient (Wildman–Crippen LogP) is 1.44. The van der Waals surface area contributed by atoms with Crippen molar-refractivity contribution in [1.82, 2.24) is 5.48 Å². The van der Waals surface area contributed by atoms with Crippen LogP contribution in [0, 0.1) is 11.6 Å². The Bertz CT molecular complexity index is 232. The molecule has 0 atom stereocenters. The normalized spacial score (nSPS) is 10.1. The maximum atomic E-state index is 12.4. The molecule has 0 aliphatic heterocycles. The van der Waals surface area contributed by atoms with Gasteiger partial charge in [0.15, 0.2) is 0 Å². The van der Waals surface area contributed by atoms with Gasteiger partial charge < -0.3 is 5.21 Å². The van der Waals surface area contributed by atoms with Crippen molar-refractivity contribution in [1.29, 1.82) is 0 Å². The van der Waals surface area contributed by atoms with Crippen molar-refractivity contribution in [2.75, 3.05) is 0 Å². The molecule has 0 amide bonds. The predicted molar refractivity (Wildman–Crippen MR) is 35.0 cm³/mol. The second-order valence-corrected chi connectivity index (χ2v) is 2.11. The molecular formula is C7H7F2NO. The Morgan fingerprint density at radius 3 is 2.18 bits per heavy atom. The first kappa shape index (κ1) is 8.10. The highest BCUT2D eigenvalue weighted by Gasteiger charge is 1.98. The first-order valence-electron chi connectivity index (χ1n) is 3.04. The summed E-state index contributed by atoms with van der Waals surface area (Å²) in [5.41, 5.74) is 2.17. The van der Waals surface area contributed by atoms with Gasteiger partial charge in [-0.05, 0) is 17.7 Å². The Balaban J connectivity index is 2.89. The molecule has 1 aromatic carbocycles. The number of hydrogen-bond donors (Lipinski definition) is 2. The largest absolute Gasteiger partial charge is 0.316 e. The van der Waals surface area contributed by atoms with Crippen LogP contribution in [0.3, 0.4) is 0 Å². The Morgan fingerprint density at radius 1 is 1.18 bits per heavy atom. The van der Waals surface area contributed by atoms with Crippen molar-refractivity contribution in [2.24, 2.45) is 0 Å². The summed E-state index contributed by atoms with van der Waals surface area (Å²) in [6.45, 7) is 0.0364. The minimum absolute atomic E-state index is 0.0364. The maximum Gasteiger partial charge on any atom is 0.126 e. The number of nitrogens with one attached hydrogen (secondary N) is 1. The fourth-order valence-corrected chi connectivity index (χ4v) is 0.804. The van der Waals surface area contributed by atoms with E-state index < -0.39 is 11.6 Å². The standard InChI is InChI=1S/C7H7F2NO/c8-6-1-5(4-10-11)2-7(9)3-6/h1-3,10-11H,4H2. The first-order chi connectivity index (χ1) is 5.22. The third-order valence-corrected chi connectivity index (χ3v) is 1.21. The third-order valence-electron chi connectivity index (χ3n) is 1.21. The SMILES string of the molecule is ONCc1cc(F)cc(F)c1. The Hall–Kier alpha value is -1.00. The second kappa shape index (κ2) is 3.41. The smallest absolute Gasteiger partial charge is 0.126 e. The molecule has 0 aliphatic carbocycles. The van der Waals surface area contributed by atoms with Crippen LogP contribution >= 0.6 is 0 Å². The van der Waals surface area contributed by atoms with E-state index in [-0.39, 0.29) is 6.54 Å². The molecule has 4 heteroatoms. The lowest BCUT2D eigenvalue weighted by atomic mass is 10.2. The summed E-state index contributed by atoms with van der Waals surface area (Å²) in [4.78, 5) is 0. The Labute approximate surface area is 62.4 Å². The highest BCUT2D eigenvalue weighted by atomic mass is 19.1. The minimum atomic E-state index is -0.643. The van der Waals surface area contributed by atoms with E-state index in [9.17, 15) is 8.78 Å². The summed E-state index contributed by atoms with van der Waals surface area (Å²) in [5.74, 6) is -1.29. The van der Waals surface area contributed by atoms with Gasteiger partial charge in [-0.25, -0.2) is 14.3 Å². The molecule has 60 valence electrons. The molecule has 1 aromatic rings. The quantitative estimate of drug-likeness (QED) is 0.640. The van der Waals surface area contributed by atoms with Gasteiger partial charge >= 0.3 is 0 Å². The summed E-state index contributed by atoms with van der Waals surface area (Å²) < 4.78 is 24.8. The fraction of sp³-hybridized carbons (Fsp3) is 0.143. The molecule has 0 aliphatic rings. The molecule has 0 spiro atoms. The maximum absolute atomic E-state index is 12.4. The lowest BCUT2D eigenvalue weighted by Crippen LogP contribution is -2.06.